The van der Waals surface area contributed by atoms with E-state index in [0.717, 1.165) is 18.5 Å². The Balaban J connectivity index is 1.89. The molecule has 0 aliphatic carbocycles. The highest BCUT2D eigenvalue weighted by Gasteiger charge is 2.37. The molecule has 104 valence electrons. The predicted octanol–water partition coefficient (Wildman–Crippen LogP) is 3.59. The van der Waals surface area contributed by atoms with Crippen LogP contribution < -0.4 is 10.2 Å². The number of nitrogens with zero attached hydrogens (tertiary/aromatic N) is 1. The predicted molar refractivity (Wildman–Crippen MR) is 77.4 cm³/mol. The van der Waals surface area contributed by atoms with Crippen molar-refractivity contribution >= 4 is 17.3 Å². The normalized spacial score (nSPS) is 30.5. The summed E-state index contributed by atoms with van der Waals surface area (Å²) >= 11 is 5.78. The zero-order chi connectivity index (χ0) is 13.4. The van der Waals surface area contributed by atoms with Gasteiger partial charge in [-0.1, -0.05) is 11.6 Å². The van der Waals surface area contributed by atoms with Crippen molar-refractivity contribution in [3.63, 3.8) is 0 Å². The maximum absolute atomic E-state index is 13.7. The van der Waals surface area contributed by atoms with Crippen molar-refractivity contribution in [2.75, 3.05) is 11.9 Å². The molecule has 0 aromatic heterocycles. The number of rotatable bonds is 2. The van der Waals surface area contributed by atoms with Crippen molar-refractivity contribution in [2.24, 2.45) is 0 Å². The molecule has 2 saturated heterocycles. The van der Waals surface area contributed by atoms with Gasteiger partial charge in [-0.05, 0) is 57.4 Å². The largest absolute Gasteiger partial charge is 0.365 e. The number of hydrogen-bond donors (Lipinski definition) is 1. The first-order valence-electron chi connectivity index (χ1n) is 7.09. The Kier molecular flexibility index (Phi) is 3.68. The molecule has 0 radical (unpaired) electrons. The zero-order valence-electron chi connectivity index (χ0n) is 11.2. The Morgan fingerprint density at radius 2 is 1.95 bits per heavy atom. The van der Waals surface area contributed by atoms with Crippen LogP contribution in [0.2, 0.25) is 5.02 Å². The monoisotopic (exact) mass is 282 g/mol. The van der Waals surface area contributed by atoms with Gasteiger partial charge >= 0.3 is 0 Å². The minimum Gasteiger partial charge on any atom is -0.365 e. The third kappa shape index (κ3) is 2.46. The highest BCUT2D eigenvalue weighted by atomic mass is 35.5. The highest BCUT2D eigenvalue weighted by Crippen LogP contribution is 2.38. The molecule has 19 heavy (non-hydrogen) atoms. The molecule has 2 nitrogen and oxygen atoms in total. The van der Waals surface area contributed by atoms with Crippen LogP contribution in [0.3, 0.4) is 0 Å². The molecule has 2 fully saturated rings. The van der Waals surface area contributed by atoms with Crippen LogP contribution in [0.25, 0.3) is 0 Å². The second-order valence-corrected chi connectivity index (χ2v) is 6.11. The number of nitrogens with one attached hydrogen (secondary N) is 1. The topological polar surface area (TPSA) is 15.3 Å². The Bertz CT molecular complexity index is 451. The van der Waals surface area contributed by atoms with Gasteiger partial charge in [0.25, 0.3) is 0 Å². The Morgan fingerprint density at radius 3 is 2.53 bits per heavy atom. The van der Waals surface area contributed by atoms with Crippen molar-refractivity contribution < 1.29 is 4.39 Å². The van der Waals surface area contributed by atoms with Crippen LogP contribution in [0.4, 0.5) is 10.1 Å². The van der Waals surface area contributed by atoms with Crippen molar-refractivity contribution in [1.82, 2.24) is 5.32 Å². The minimum absolute atomic E-state index is 0.207. The first-order chi connectivity index (χ1) is 9.19. The number of hydrogen-bond acceptors (Lipinski definition) is 2. The summed E-state index contributed by atoms with van der Waals surface area (Å²) in [6.07, 6.45) is 6.00. The number of halogens is 2. The van der Waals surface area contributed by atoms with Crippen LogP contribution >= 0.6 is 11.6 Å². The molecule has 1 N–H and O–H groups in total. The van der Waals surface area contributed by atoms with Crippen LogP contribution in [0.15, 0.2) is 18.2 Å². The lowest BCUT2D eigenvalue weighted by molar-refractivity contribution is 0.252. The smallest absolute Gasteiger partial charge is 0.143 e. The lowest BCUT2D eigenvalue weighted by Gasteiger charge is -2.50. The fourth-order valence-corrected chi connectivity index (χ4v) is 3.80. The molecule has 2 heterocycles. The molecule has 2 aliphatic rings. The fraction of sp³-hybridized carbons (Fsp3) is 0.600. The number of piperidine rings is 2. The second-order valence-electron chi connectivity index (χ2n) is 5.70. The van der Waals surface area contributed by atoms with Gasteiger partial charge in [-0.3, -0.25) is 0 Å². The van der Waals surface area contributed by atoms with Crippen LogP contribution in [-0.4, -0.2) is 25.2 Å². The summed E-state index contributed by atoms with van der Waals surface area (Å²) in [6, 6.07) is 6.88. The summed E-state index contributed by atoms with van der Waals surface area (Å²) in [5, 5.41) is 3.61. The summed E-state index contributed by atoms with van der Waals surface area (Å²) in [5.41, 5.74) is 0.992. The molecule has 2 unspecified atom stereocenters. The molecule has 2 atom stereocenters. The molecular weight excluding hydrogens is 263 g/mol. The van der Waals surface area contributed by atoms with Gasteiger partial charge in [-0.2, -0.15) is 0 Å². The van der Waals surface area contributed by atoms with Crippen molar-refractivity contribution in [3.8, 4) is 0 Å². The maximum Gasteiger partial charge on any atom is 0.143 e. The lowest BCUT2D eigenvalue weighted by atomic mass is 9.81. The van der Waals surface area contributed by atoms with Gasteiger partial charge in [0.2, 0.25) is 0 Å². The third-order valence-corrected chi connectivity index (χ3v) is 4.89. The van der Waals surface area contributed by atoms with E-state index >= 15 is 0 Å². The van der Waals surface area contributed by atoms with Gasteiger partial charge in [0, 0.05) is 23.8 Å². The molecule has 2 bridgehead atoms. The summed E-state index contributed by atoms with van der Waals surface area (Å²) < 4.78 is 13.7. The van der Waals surface area contributed by atoms with Crippen molar-refractivity contribution in [1.29, 1.82) is 0 Å². The molecule has 4 heteroatoms. The van der Waals surface area contributed by atoms with E-state index in [9.17, 15) is 4.39 Å². The molecular formula is C15H20ClFN2. The van der Waals surface area contributed by atoms with E-state index in [4.69, 9.17) is 11.6 Å². The average molecular weight is 283 g/mol. The molecule has 3 rings (SSSR count). The number of benzene rings is 1. The standard InChI is InChI=1S/C15H20ClFN2/c1-18-10-7-11-3-2-4-12(8-10)19(11)13-5-6-14(16)15(17)9-13/h5-6,9-12,18H,2-4,7-8H2,1H3. The minimum atomic E-state index is -0.312. The van der Waals surface area contributed by atoms with Gasteiger partial charge in [-0.25, -0.2) is 4.39 Å². The van der Waals surface area contributed by atoms with Crippen LogP contribution in [-0.2, 0) is 0 Å². The van der Waals surface area contributed by atoms with Crippen LogP contribution in [0.5, 0.6) is 0 Å². The van der Waals surface area contributed by atoms with Gasteiger partial charge in [0.1, 0.15) is 5.82 Å². The van der Waals surface area contributed by atoms with Crippen LogP contribution in [0.1, 0.15) is 32.1 Å². The van der Waals surface area contributed by atoms with E-state index < -0.39 is 0 Å². The SMILES string of the molecule is CNC1CC2CCCC(C1)N2c1ccc(Cl)c(F)c1. The van der Waals surface area contributed by atoms with E-state index in [1.54, 1.807) is 12.1 Å². The average Bonchev–Trinajstić information content (AvgIpc) is 2.40. The molecule has 2 aliphatic heterocycles. The fourth-order valence-electron chi connectivity index (χ4n) is 3.68. The van der Waals surface area contributed by atoms with Gasteiger partial charge in [0.05, 0.1) is 5.02 Å². The van der Waals surface area contributed by atoms with Gasteiger partial charge in [-0.15, -0.1) is 0 Å². The molecule has 1 aromatic carbocycles. The van der Waals surface area contributed by atoms with E-state index in [1.165, 1.54) is 19.3 Å². The van der Waals surface area contributed by atoms with E-state index in [0.29, 0.717) is 18.1 Å². The molecule has 0 spiro atoms. The second kappa shape index (κ2) is 5.29. The van der Waals surface area contributed by atoms with Crippen molar-refractivity contribution in [2.45, 2.75) is 50.2 Å². The summed E-state index contributed by atoms with van der Waals surface area (Å²) in [5.74, 6) is -0.312. The summed E-state index contributed by atoms with van der Waals surface area (Å²) in [6.45, 7) is 0. The highest BCUT2D eigenvalue weighted by molar-refractivity contribution is 6.30. The molecule has 0 amide bonds. The van der Waals surface area contributed by atoms with E-state index in [2.05, 4.69) is 10.2 Å². The maximum atomic E-state index is 13.7. The third-order valence-electron chi connectivity index (χ3n) is 4.58. The van der Waals surface area contributed by atoms with Gasteiger partial charge < -0.3 is 10.2 Å². The first kappa shape index (κ1) is 13.2. The Hall–Kier alpha value is -0.800. The number of anilines is 1. The van der Waals surface area contributed by atoms with Crippen molar-refractivity contribution in [3.05, 3.63) is 29.0 Å². The zero-order valence-corrected chi connectivity index (χ0v) is 12.0. The first-order valence-corrected chi connectivity index (χ1v) is 7.47. The molecule has 1 aromatic rings. The molecule has 0 saturated carbocycles. The summed E-state index contributed by atoms with van der Waals surface area (Å²) in [7, 11) is 2.04. The summed E-state index contributed by atoms with van der Waals surface area (Å²) in [4.78, 5) is 2.43. The Labute approximate surface area is 118 Å². The van der Waals surface area contributed by atoms with Crippen LogP contribution in [0, 0.1) is 5.82 Å². The Morgan fingerprint density at radius 1 is 1.26 bits per heavy atom. The quantitative estimate of drug-likeness (QED) is 0.892. The van der Waals surface area contributed by atoms with E-state index in [1.807, 2.05) is 13.1 Å². The van der Waals surface area contributed by atoms with E-state index in [-0.39, 0.29) is 10.8 Å². The lowest BCUT2D eigenvalue weighted by Crippen LogP contribution is -2.56. The number of fused-ring (bicyclic) bond motifs is 2. The van der Waals surface area contributed by atoms with Gasteiger partial charge in [0.15, 0.2) is 0 Å².